The molecule has 0 saturated heterocycles. The molecule has 0 radical (unpaired) electrons. The normalized spacial score (nSPS) is 28.7. The maximum Gasteiger partial charge on any atom is 0.335 e. The number of aliphatic hydroxyl groups excluding tert-OH is 1. The van der Waals surface area contributed by atoms with Crippen LogP contribution in [0.15, 0.2) is 23.4 Å². The van der Waals surface area contributed by atoms with Gasteiger partial charge in [-0.25, -0.2) is 4.79 Å². The molecule has 2 rings (SSSR count). The Kier molecular flexibility index (Phi) is 2.77. The highest BCUT2D eigenvalue weighted by molar-refractivity contribution is 5.89. The van der Waals surface area contributed by atoms with Gasteiger partial charge in [0.05, 0.1) is 19.3 Å². The molecular weight excluding hydrogens is 194 g/mol. The standard InChI is InChI=1S/C11H15NO3/c1-15-11(14)10-5-12-4-9-7(6-13)2-3-8(9)10/h2,5,8-9,12-13H,3-4,6H2,1H3/t8-,9-/m1/s1. The maximum atomic E-state index is 11.5. The molecule has 0 aromatic rings. The van der Waals surface area contributed by atoms with Gasteiger partial charge in [0.15, 0.2) is 0 Å². The van der Waals surface area contributed by atoms with Crippen molar-refractivity contribution in [3.63, 3.8) is 0 Å². The number of carbonyl (C=O) groups is 1. The number of fused-ring (bicyclic) bond motifs is 1. The van der Waals surface area contributed by atoms with Crippen LogP contribution in [0.5, 0.6) is 0 Å². The lowest BCUT2D eigenvalue weighted by molar-refractivity contribution is -0.137. The fourth-order valence-electron chi connectivity index (χ4n) is 2.38. The van der Waals surface area contributed by atoms with Crippen molar-refractivity contribution in [2.45, 2.75) is 6.42 Å². The van der Waals surface area contributed by atoms with Crippen LogP contribution in [0, 0.1) is 11.8 Å². The summed E-state index contributed by atoms with van der Waals surface area (Å²) in [7, 11) is 1.39. The second-order valence-electron chi connectivity index (χ2n) is 3.89. The van der Waals surface area contributed by atoms with Crippen LogP contribution in [-0.4, -0.2) is 31.3 Å². The van der Waals surface area contributed by atoms with Crippen molar-refractivity contribution in [3.05, 3.63) is 23.4 Å². The number of esters is 1. The SMILES string of the molecule is COC(=O)C1=CNC[C@@H]2C(CO)=CC[C@@H]12. The first-order chi connectivity index (χ1) is 7.27. The van der Waals surface area contributed by atoms with Gasteiger partial charge >= 0.3 is 5.97 Å². The van der Waals surface area contributed by atoms with Crippen LogP contribution < -0.4 is 5.32 Å². The molecule has 0 fully saturated rings. The van der Waals surface area contributed by atoms with Gasteiger partial charge in [-0.05, 0) is 12.0 Å². The number of nitrogens with one attached hydrogen (secondary N) is 1. The summed E-state index contributed by atoms with van der Waals surface area (Å²) in [5, 5.41) is 12.2. The van der Waals surface area contributed by atoms with Crippen LogP contribution in [0.4, 0.5) is 0 Å². The van der Waals surface area contributed by atoms with Gasteiger partial charge in [0, 0.05) is 24.6 Å². The minimum atomic E-state index is -0.273. The van der Waals surface area contributed by atoms with Gasteiger partial charge in [-0.15, -0.1) is 0 Å². The second-order valence-corrected chi connectivity index (χ2v) is 3.89. The lowest BCUT2D eigenvalue weighted by Gasteiger charge is -2.28. The predicted molar refractivity (Wildman–Crippen MR) is 54.9 cm³/mol. The van der Waals surface area contributed by atoms with Crippen LogP contribution in [0.3, 0.4) is 0 Å². The molecule has 1 aliphatic carbocycles. The van der Waals surface area contributed by atoms with Crippen molar-refractivity contribution >= 4 is 5.97 Å². The van der Waals surface area contributed by atoms with Crippen molar-refractivity contribution in [2.24, 2.45) is 11.8 Å². The summed E-state index contributed by atoms with van der Waals surface area (Å²) < 4.78 is 4.73. The fraction of sp³-hybridized carbons (Fsp3) is 0.545. The number of carbonyl (C=O) groups excluding carboxylic acids is 1. The van der Waals surface area contributed by atoms with Gasteiger partial charge in [-0.2, -0.15) is 0 Å². The zero-order valence-electron chi connectivity index (χ0n) is 8.69. The first-order valence-electron chi connectivity index (χ1n) is 5.09. The van der Waals surface area contributed by atoms with Gasteiger partial charge in [-0.3, -0.25) is 0 Å². The lowest BCUT2D eigenvalue weighted by atomic mass is 9.83. The Labute approximate surface area is 88.6 Å². The molecule has 15 heavy (non-hydrogen) atoms. The summed E-state index contributed by atoms with van der Waals surface area (Å²) in [4.78, 5) is 11.5. The van der Waals surface area contributed by atoms with E-state index in [1.54, 1.807) is 6.20 Å². The van der Waals surface area contributed by atoms with E-state index >= 15 is 0 Å². The van der Waals surface area contributed by atoms with Crippen molar-refractivity contribution in [3.8, 4) is 0 Å². The van der Waals surface area contributed by atoms with Gasteiger partial charge in [0.2, 0.25) is 0 Å². The molecule has 1 aliphatic heterocycles. The Morgan fingerprint density at radius 1 is 1.67 bits per heavy atom. The molecule has 82 valence electrons. The monoisotopic (exact) mass is 209 g/mol. The molecule has 0 aromatic carbocycles. The fourth-order valence-corrected chi connectivity index (χ4v) is 2.38. The lowest BCUT2D eigenvalue weighted by Crippen LogP contribution is -2.34. The van der Waals surface area contributed by atoms with E-state index < -0.39 is 0 Å². The average molecular weight is 209 g/mol. The Morgan fingerprint density at radius 3 is 3.13 bits per heavy atom. The zero-order valence-corrected chi connectivity index (χ0v) is 8.69. The Morgan fingerprint density at radius 2 is 2.47 bits per heavy atom. The zero-order chi connectivity index (χ0) is 10.8. The van der Waals surface area contributed by atoms with Gasteiger partial charge < -0.3 is 15.2 Å². The number of aliphatic hydroxyl groups is 1. The molecule has 0 saturated carbocycles. The maximum absolute atomic E-state index is 11.5. The van der Waals surface area contributed by atoms with E-state index in [1.165, 1.54) is 7.11 Å². The molecule has 2 N–H and O–H groups in total. The molecular formula is C11H15NO3. The molecule has 1 heterocycles. The second kappa shape index (κ2) is 4.06. The number of hydrogen-bond acceptors (Lipinski definition) is 4. The van der Waals surface area contributed by atoms with E-state index in [0.717, 1.165) is 18.5 Å². The molecule has 2 aliphatic rings. The van der Waals surface area contributed by atoms with Crippen molar-refractivity contribution in [2.75, 3.05) is 20.3 Å². The van der Waals surface area contributed by atoms with E-state index in [4.69, 9.17) is 9.84 Å². The molecule has 4 nitrogen and oxygen atoms in total. The quantitative estimate of drug-likeness (QED) is 0.504. The summed E-state index contributed by atoms with van der Waals surface area (Å²) >= 11 is 0. The van der Waals surface area contributed by atoms with E-state index in [2.05, 4.69) is 5.32 Å². The third-order valence-electron chi connectivity index (χ3n) is 3.19. The summed E-state index contributed by atoms with van der Waals surface area (Å²) in [5.41, 5.74) is 1.72. The minimum Gasteiger partial charge on any atom is -0.466 e. The third kappa shape index (κ3) is 1.65. The van der Waals surface area contributed by atoms with Crippen molar-refractivity contribution in [1.82, 2.24) is 5.32 Å². The van der Waals surface area contributed by atoms with E-state index in [0.29, 0.717) is 5.57 Å². The van der Waals surface area contributed by atoms with E-state index in [9.17, 15) is 4.79 Å². The summed E-state index contributed by atoms with van der Waals surface area (Å²) in [6.45, 7) is 0.870. The number of methoxy groups -OCH3 is 1. The third-order valence-corrected chi connectivity index (χ3v) is 3.19. The minimum absolute atomic E-state index is 0.0807. The van der Waals surface area contributed by atoms with E-state index in [-0.39, 0.29) is 24.4 Å². The van der Waals surface area contributed by atoms with Crippen LogP contribution in [0.25, 0.3) is 0 Å². The topological polar surface area (TPSA) is 58.6 Å². The highest BCUT2D eigenvalue weighted by Crippen LogP contribution is 2.38. The molecule has 0 aromatic heterocycles. The first kappa shape index (κ1) is 10.2. The molecule has 4 heteroatoms. The van der Waals surface area contributed by atoms with Gasteiger partial charge in [-0.1, -0.05) is 6.08 Å². The van der Waals surface area contributed by atoms with Crippen LogP contribution in [0.2, 0.25) is 0 Å². The predicted octanol–water partition coefficient (Wildman–Crippen LogP) is 0.201. The van der Waals surface area contributed by atoms with Gasteiger partial charge in [0.25, 0.3) is 0 Å². The molecule has 0 bridgehead atoms. The Balaban J connectivity index is 2.18. The van der Waals surface area contributed by atoms with Crippen LogP contribution in [0.1, 0.15) is 6.42 Å². The molecule has 0 unspecified atom stereocenters. The highest BCUT2D eigenvalue weighted by Gasteiger charge is 2.36. The molecule has 2 atom stereocenters. The largest absolute Gasteiger partial charge is 0.466 e. The Bertz CT molecular complexity index is 333. The summed E-state index contributed by atoms with van der Waals surface area (Å²) in [6, 6.07) is 0. The number of ether oxygens (including phenoxy) is 1. The average Bonchev–Trinajstić information content (AvgIpc) is 2.70. The first-order valence-corrected chi connectivity index (χ1v) is 5.09. The van der Waals surface area contributed by atoms with E-state index in [1.807, 2.05) is 6.08 Å². The number of hydrogen-bond donors (Lipinski definition) is 2. The molecule has 0 spiro atoms. The summed E-state index contributed by atoms with van der Waals surface area (Å²) in [6.07, 6.45) is 4.59. The molecule has 0 amide bonds. The van der Waals surface area contributed by atoms with Crippen LogP contribution >= 0.6 is 0 Å². The van der Waals surface area contributed by atoms with Crippen LogP contribution in [-0.2, 0) is 9.53 Å². The highest BCUT2D eigenvalue weighted by atomic mass is 16.5. The summed E-state index contributed by atoms with van der Waals surface area (Å²) in [5.74, 6) is 0.153. The number of rotatable bonds is 2. The van der Waals surface area contributed by atoms with Gasteiger partial charge in [0.1, 0.15) is 0 Å². The van der Waals surface area contributed by atoms with Crippen molar-refractivity contribution in [1.29, 1.82) is 0 Å². The number of allylic oxidation sites excluding steroid dienone is 1. The smallest absolute Gasteiger partial charge is 0.335 e. The van der Waals surface area contributed by atoms with Crippen molar-refractivity contribution < 1.29 is 14.6 Å². The Hall–Kier alpha value is -1.29.